The number of amides is 1. The SMILES string of the molecule is CCOc1ccc(C(=O)N2CC[C@H](CNC)C2)cc1. The third-order valence-corrected chi connectivity index (χ3v) is 3.48. The molecule has 1 fully saturated rings. The van der Waals surface area contributed by atoms with Gasteiger partial charge in [0.1, 0.15) is 5.75 Å². The molecule has 1 heterocycles. The number of rotatable bonds is 5. The number of nitrogens with zero attached hydrogens (tertiary/aromatic N) is 1. The van der Waals surface area contributed by atoms with E-state index in [2.05, 4.69) is 5.32 Å². The highest BCUT2D eigenvalue weighted by Crippen LogP contribution is 2.19. The van der Waals surface area contributed by atoms with Crippen molar-refractivity contribution in [3.63, 3.8) is 0 Å². The van der Waals surface area contributed by atoms with E-state index in [0.29, 0.717) is 12.5 Å². The molecule has 4 heteroatoms. The van der Waals surface area contributed by atoms with Gasteiger partial charge in [-0.25, -0.2) is 0 Å². The minimum atomic E-state index is 0.127. The van der Waals surface area contributed by atoms with Gasteiger partial charge < -0.3 is 15.0 Å². The number of carbonyl (C=O) groups excluding carboxylic acids is 1. The summed E-state index contributed by atoms with van der Waals surface area (Å²) < 4.78 is 5.38. The lowest BCUT2D eigenvalue weighted by Gasteiger charge is -2.16. The molecule has 0 saturated carbocycles. The lowest BCUT2D eigenvalue weighted by atomic mass is 10.1. The van der Waals surface area contributed by atoms with Crippen LogP contribution in [0.1, 0.15) is 23.7 Å². The zero-order chi connectivity index (χ0) is 13.7. The molecule has 0 radical (unpaired) electrons. The number of benzene rings is 1. The third kappa shape index (κ3) is 3.47. The summed E-state index contributed by atoms with van der Waals surface area (Å²) in [6.45, 7) is 5.29. The van der Waals surface area contributed by atoms with E-state index in [1.54, 1.807) is 0 Å². The molecule has 4 nitrogen and oxygen atoms in total. The first-order valence-corrected chi connectivity index (χ1v) is 6.91. The Labute approximate surface area is 114 Å². The maximum absolute atomic E-state index is 12.3. The molecule has 0 aliphatic carbocycles. The number of likely N-dealkylation sites (tertiary alicyclic amines) is 1. The molecule has 0 bridgehead atoms. The molecular weight excluding hydrogens is 240 g/mol. The fraction of sp³-hybridized carbons (Fsp3) is 0.533. The molecule has 0 unspecified atom stereocenters. The molecule has 1 saturated heterocycles. The third-order valence-electron chi connectivity index (χ3n) is 3.48. The summed E-state index contributed by atoms with van der Waals surface area (Å²) in [6, 6.07) is 7.41. The van der Waals surface area contributed by atoms with Gasteiger partial charge in [0.15, 0.2) is 0 Å². The van der Waals surface area contributed by atoms with Crippen molar-refractivity contribution in [3.05, 3.63) is 29.8 Å². The minimum Gasteiger partial charge on any atom is -0.494 e. The van der Waals surface area contributed by atoms with Crippen LogP contribution >= 0.6 is 0 Å². The summed E-state index contributed by atoms with van der Waals surface area (Å²) in [5, 5.41) is 3.18. The Morgan fingerprint density at radius 1 is 1.42 bits per heavy atom. The average molecular weight is 262 g/mol. The topological polar surface area (TPSA) is 41.6 Å². The molecular formula is C15H22N2O2. The number of carbonyl (C=O) groups is 1. The molecule has 0 spiro atoms. The van der Waals surface area contributed by atoms with Gasteiger partial charge >= 0.3 is 0 Å². The molecule has 0 aromatic heterocycles. The Hall–Kier alpha value is -1.55. The van der Waals surface area contributed by atoms with Crippen LogP contribution in [-0.2, 0) is 0 Å². The largest absolute Gasteiger partial charge is 0.494 e. The lowest BCUT2D eigenvalue weighted by Crippen LogP contribution is -2.30. The summed E-state index contributed by atoms with van der Waals surface area (Å²) in [6.07, 6.45) is 1.09. The van der Waals surface area contributed by atoms with E-state index < -0.39 is 0 Å². The molecule has 1 aromatic rings. The van der Waals surface area contributed by atoms with Crippen LogP contribution in [-0.4, -0.2) is 44.1 Å². The first-order valence-electron chi connectivity index (χ1n) is 6.91. The fourth-order valence-electron chi connectivity index (χ4n) is 2.52. The van der Waals surface area contributed by atoms with E-state index in [-0.39, 0.29) is 5.91 Å². The van der Waals surface area contributed by atoms with Crippen molar-refractivity contribution >= 4 is 5.91 Å². The summed E-state index contributed by atoms with van der Waals surface area (Å²) in [5.74, 6) is 1.52. The first-order chi connectivity index (χ1) is 9.24. The van der Waals surface area contributed by atoms with Crippen LogP contribution in [0.15, 0.2) is 24.3 Å². The smallest absolute Gasteiger partial charge is 0.253 e. The van der Waals surface area contributed by atoms with Crippen LogP contribution in [0, 0.1) is 5.92 Å². The average Bonchev–Trinajstić information content (AvgIpc) is 2.88. The van der Waals surface area contributed by atoms with Gasteiger partial charge in [0.25, 0.3) is 5.91 Å². The Morgan fingerprint density at radius 3 is 2.79 bits per heavy atom. The van der Waals surface area contributed by atoms with E-state index in [0.717, 1.165) is 37.4 Å². The molecule has 1 atom stereocenters. The van der Waals surface area contributed by atoms with E-state index in [1.165, 1.54) is 0 Å². The summed E-state index contributed by atoms with van der Waals surface area (Å²) in [4.78, 5) is 14.3. The van der Waals surface area contributed by atoms with E-state index in [4.69, 9.17) is 4.74 Å². The Morgan fingerprint density at radius 2 is 2.16 bits per heavy atom. The van der Waals surface area contributed by atoms with Crippen molar-refractivity contribution < 1.29 is 9.53 Å². The van der Waals surface area contributed by atoms with Crippen LogP contribution in [0.5, 0.6) is 5.75 Å². The van der Waals surface area contributed by atoms with Crippen LogP contribution in [0.2, 0.25) is 0 Å². The van der Waals surface area contributed by atoms with Crippen LogP contribution < -0.4 is 10.1 Å². The molecule has 1 aromatic carbocycles. The molecule has 1 aliphatic rings. The van der Waals surface area contributed by atoms with Gasteiger partial charge in [0.2, 0.25) is 0 Å². The predicted molar refractivity (Wildman–Crippen MR) is 75.5 cm³/mol. The first kappa shape index (κ1) is 13.9. The maximum Gasteiger partial charge on any atom is 0.253 e. The monoisotopic (exact) mass is 262 g/mol. The lowest BCUT2D eigenvalue weighted by molar-refractivity contribution is 0.0787. The zero-order valence-electron chi connectivity index (χ0n) is 11.7. The second kappa shape index (κ2) is 6.57. The van der Waals surface area contributed by atoms with Gasteiger partial charge in [-0.15, -0.1) is 0 Å². The van der Waals surface area contributed by atoms with E-state index in [1.807, 2.05) is 43.1 Å². The standard InChI is InChI=1S/C15H22N2O2/c1-3-19-14-6-4-13(5-7-14)15(18)17-9-8-12(11-17)10-16-2/h4-7,12,16H,3,8-11H2,1-2H3/t12-/m1/s1. The van der Waals surface area contributed by atoms with Gasteiger partial charge in [-0.2, -0.15) is 0 Å². The van der Waals surface area contributed by atoms with Crippen molar-refractivity contribution in [1.29, 1.82) is 0 Å². The predicted octanol–water partition coefficient (Wildman–Crippen LogP) is 1.77. The highest BCUT2D eigenvalue weighted by Gasteiger charge is 2.26. The number of hydrogen-bond donors (Lipinski definition) is 1. The molecule has 1 N–H and O–H groups in total. The Bertz CT molecular complexity index is 417. The van der Waals surface area contributed by atoms with Gasteiger partial charge in [-0.05, 0) is 57.1 Å². The van der Waals surface area contributed by atoms with Gasteiger partial charge in [-0.3, -0.25) is 4.79 Å². The number of hydrogen-bond acceptors (Lipinski definition) is 3. The number of ether oxygens (including phenoxy) is 1. The maximum atomic E-state index is 12.3. The second-order valence-electron chi connectivity index (χ2n) is 4.92. The second-order valence-corrected chi connectivity index (χ2v) is 4.92. The van der Waals surface area contributed by atoms with E-state index in [9.17, 15) is 4.79 Å². The molecule has 104 valence electrons. The zero-order valence-corrected chi connectivity index (χ0v) is 11.7. The highest BCUT2D eigenvalue weighted by molar-refractivity contribution is 5.94. The van der Waals surface area contributed by atoms with Crippen LogP contribution in [0.3, 0.4) is 0 Å². The van der Waals surface area contributed by atoms with Crippen LogP contribution in [0.4, 0.5) is 0 Å². The minimum absolute atomic E-state index is 0.127. The quantitative estimate of drug-likeness (QED) is 0.879. The van der Waals surface area contributed by atoms with Crippen molar-refractivity contribution in [2.45, 2.75) is 13.3 Å². The normalized spacial score (nSPS) is 18.6. The molecule has 19 heavy (non-hydrogen) atoms. The molecule has 1 amide bonds. The summed E-state index contributed by atoms with van der Waals surface area (Å²) in [7, 11) is 1.96. The van der Waals surface area contributed by atoms with Gasteiger partial charge in [0.05, 0.1) is 6.61 Å². The molecule has 1 aliphatic heterocycles. The highest BCUT2D eigenvalue weighted by atomic mass is 16.5. The summed E-state index contributed by atoms with van der Waals surface area (Å²) in [5.41, 5.74) is 0.744. The Balaban J connectivity index is 1.96. The number of nitrogens with one attached hydrogen (secondary N) is 1. The van der Waals surface area contributed by atoms with Gasteiger partial charge in [-0.1, -0.05) is 0 Å². The van der Waals surface area contributed by atoms with Crippen molar-refractivity contribution in [2.75, 3.05) is 33.3 Å². The summed E-state index contributed by atoms with van der Waals surface area (Å²) >= 11 is 0. The molecule has 2 rings (SSSR count). The fourth-order valence-corrected chi connectivity index (χ4v) is 2.52. The van der Waals surface area contributed by atoms with Crippen LogP contribution in [0.25, 0.3) is 0 Å². The van der Waals surface area contributed by atoms with E-state index >= 15 is 0 Å². The van der Waals surface area contributed by atoms with Crippen molar-refractivity contribution in [2.24, 2.45) is 5.92 Å². The van der Waals surface area contributed by atoms with Gasteiger partial charge in [0, 0.05) is 18.7 Å². The van der Waals surface area contributed by atoms with Crippen molar-refractivity contribution in [3.8, 4) is 5.75 Å². The van der Waals surface area contributed by atoms with Crippen molar-refractivity contribution in [1.82, 2.24) is 10.2 Å². The Kier molecular flexibility index (Phi) is 4.80.